The van der Waals surface area contributed by atoms with E-state index in [1.165, 1.54) is 10.9 Å². The van der Waals surface area contributed by atoms with E-state index in [4.69, 9.17) is 27.3 Å². The van der Waals surface area contributed by atoms with Crippen LogP contribution in [0, 0.1) is 0 Å². The van der Waals surface area contributed by atoms with Gasteiger partial charge in [-0.15, -0.1) is 0 Å². The molecule has 19 nitrogen and oxygen atoms in total. The van der Waals surface area contributed by atoms with Gasteiger partial charge in [0.1, 0.15) is 54.6 Å². The molecule has 9 N–H and O–H groups in total. The monoisotopic (exact) mass is 583 g/mol. The van der Waals surface area contributed by atoms with Crippen molar-refractivity contribution in [1.82, 2.24) is 19.5 Å². The molecule has 0 aromatic carbocycles. The van der Waals surface area contributed by atoms with E-state index in [1.54, 1.807) is 0 Å². The molecule has 0 saturated carbocycles. The first-order valence-electron chi connectivity index (χ1n) is 10.8. The van der Waals surface area contributed by atoms with Crippen molar-refractivity contribution in [2.75, 3.05) is 18.9 Å². The summed E-state index contributed by atoms with van der Waals surface area (Å²) >= 11 is 0. The van der Waals surface area contributed by atoms with E-state index < -0.39 is 83.8 Å². The van der Waals surface area contributed by atoms with E-state index in [-0.39, 0.29) is 17.0 Å². The first-order chi connectivity index (χ1) is 17.7. The van der Waals surface area contributed by atoms with Gasteiger partial charge in [0.05, 0.1) is 27.0 Å². The lowest BCUT2D eigenvalue weighted by Crippen LogP contribution is -2.58. The van der Waals surface area contributed by atoms with Crippen LogP contribution in [0.25, 0.3) is 11.2 Å². The number of rotatable bonds is 9. The predicted octanol–water partition coefficient (Wildman–Crippen LogP) is -3.75. The number of phosphoric ester groups is 1. The van der Waals surface area contributed by atoms with Crippen LogP contribution >= 0.6 is 15.3 Å². The highest BCUT2D eigenvalue weighted by Gasteiger charge is 2.48. The molecule has 2 saturated heterocycles. The molecule has 0 spiro atoms. The molecule has 0 bridgehead atoms. The minimum Gasteiger partial charge on any atom is -0.443 e. The van der Waals surface area contributed by atoms with E-state index in [1.807, 2.05) is 0 Å². The molecule has 2 fully saturated rings. The molecule has 38 heavy (non-hydrogen) atoms. The van der Waals surface area contributed by atoms with E-state index in [2.05, 4.69) is 23.8 Å². The number of aliphatic hydroxyl groups excluding tert-OH is 6. The zero-order chi connectivity index (χ0) is 28.0. The maximum atomic E-state index is 12.5. The zero-order valence-electron chi connectivity index (χ0n) is 19.1. The van der Waals surface area contributed by atoms with Crippen molar-refractivity contribution in [2.45, 2.75) is 55.2 Å². The quantitative estimate of drug-likeness (QED) is 0.104. The summed E-state index contributed by atoms with van der Waals surface area (Å²) in [4.78, 5) is 21.8. The number of anilines is 1. The molecule has 211 valence electrons. The van der Waals surface area contributed by atoms with Gasteiger partial charge in [-0.25, -0.2) is 23.8 Å². The van der Waals surface area contributed by atoms with Crippen LogP contribution in [0.4, 0.5) is 5.82 Å². The molecule has 2 aliphatic heterocycles. The Morgan fingerprint density at radius 1 is 1.00 bits per heavy atom. The maximum Gasteiger partial charge on any atom is 0.479 e. The zero-order valence-corrected chi connectivity index (χ0v) is 20.9. The third-order valence-corrected chi connectivity index (χ3v) is 8.44. The van der Waals surface area contributed by atoms with Gasteiger partial charge >= 0.3 is 7.82 Å². The molecular formula is C16H24BN5O14P2-. The summed E-state index contributed by atoms with van der Waals surface area (Å²) in [5.41, 5.74) is 6.11. The first kappa shape index (κ1) is 29.4. The van der Waals surface area contributed by atoms with Crippen molar-refractivity contribution in [1.29, 1.82) is 0 Å². The van der Waals surface area contributed by atoms with Gasteiger partial charge in [-0.3, -0.25) is 9.09 Å². The van der Waals surface area contributed by atoms with Crippen LogP contribution in [-0.2, 0) is 32.0 Å². The van der Waals surface area contributed by atoms with Gasteiger partial charge in [0, 0.05) is 0 Å². The van der Waals surface area contributed by atoms with Gasteiger partial charge < -0.3 is 67.4 Å². The van der Waals surface area contributed by atoms with E-state index in [9.17, 15) is 44.7 Å². The van der Waals surface area contributed by atoms with Crippen molar-refractivity contribution >= 4 is 39.8 Å². The van der Waals surface area contributed by atoms with Crippen LogP contribution in [-0.4, -0.2) is 125 Å². The number of nitrogens with zero attached hydrogens (tertiary/aromatic N) is 4. The van der Waals surface area contributed by atoms with E-state index in [0.717, 1.165) is 6.33 Å². The van der Waals surface area contributed by atoms with Crippen molar-refractivity contribution < 1.29 is 67.5 Å². The standard InChI is InChI=1S/C16H24BN5O14P2/c17-37(29,36-38(30,31)35-16-12(28)10(26)8(24)5(1-23)34-16)32-2-6-9(25)11(27)15(33-6)22-4-21-7-13(18)19-3-20-14(7)22/h3-6,8-12,15-16,23-28H,1-2H2,(H,30,31)(H2,18,19,20)/q-1/t5?,6-,8+,9+,10+,11?,12?,15-,16+,37-/m1/s1. The highest BCUT2D eigenvalue weighted by molar-refractivity contribution is 7.83. The van der Waals surface area contributed by atoms with Crippen molar-refractivity contribution in [3.05, 3.63) is 12.7 Å². The summed E-state index contributed by atoms with van der Waals surface area (Å²) in [6.45, 7) is -1.67. The SMILES string of the molecule is [B-][P@@](=O)(OC[C@H]1O[C@@H](n2cnc3c(N)ncnc32)C(O)[C@H]1O)OP(=O)(O)O[C@@H]1OC(CO)[C@H](O)[C@H](O)C1O. The lowest BCUT2D eigenvalue weighted by molar-refractivity contribution is -0.280. The second-order valence-electron chi connectivity index (χ2n) is 8.32. The van der Waals surface area contributed by atoms with E-state index >= 15 is 0 Å². The van der Waals surface area contributed by atoms with Gasteiger partial charge in [-0.05, 0) is 0 Å². The lowest BCUT2D eigenvalue weighted by Gasteiger charge is -2.40. The summed E-state index contributed by atoms with van der Waals surface area (Å²) in [7, 11) is -5.04. The predicted molar refractivity (Wildman–Crippen MR) is 121 cm³/mol. The molecule has 3 radical (unpaired) electrons. The van der Waals surface area contributed by atoms with Crippen LogP contribution in [0.15, 0.2) is 12.7 Å². The van der Waals surface area contributed by atoms with Gasteiger partial charge in [0.15, 0.2) is 24.0 Å². The number of phosphoric acid groups is 1. The summed E-state index contributed by atoms with van der Waals surface area (Å²) < 4.78 is 50.3. The molecule has 0 aliphatic carbocycles. The summed E-state index contributed by atoms with van der Waals surface area (Å²) in [5, 5.41) is 59.4. The van der Waals surface area contributed by atoms with Crippen molar-refractivity contribution in [3.8, 4) is 0 Å². The number of ether oxygens (including phenoxy) is 2. The average molecular weight is 583 g/mol. The van der Waals surface area contributed by atoms with Crippen LogP contribution in [0.1, 0.15) is 6.23 Å². The molecule has 4 unspecified atom stereocenters. The Morgan fingerprint density at radius 2 is 1.68 bits per heavy atom. The number of nitrogen functional groups attached to an aromatic ring is 1. The number of hydrogen-bond acceptors (Lipinski definition) is 17. The Balaban J connectivity index is 1.38. The fraction of sp³-hybridized carbons (Fsp3) is 0.688. The Labute approximate surface area is 214 Å². The van der Waals surface area contributed by atoms with Crippen molar-refractivity contribution in [2.24, 2.45) is 0 Å². The Kier molecular flexibility index (Phi) is 8.59. The van der Waals surface area contributed by atoms with Crippen LogP contribution in [0.2, 0.25) is 0 Å². The van der Waals surface area contributed by atoms with Crippen LogP contribution in [0.3, 0.4) is 0 Å². The van der Waals surface area contributed by atoms with Gasteiger partial charge in [0.25, 0.3) is 0 Å². The van der Waals surface area contributed by atoms with Crippen LogP contribution < -0.4 is 5.73 Å². The van der Waals surface area contributed by atoms with Gasteiger partial charge in [0.2, 0.25) is 0 Å². The number of fused-ring (bicyclic) bond motifs is 1. The highest BCUT2D eigenvalue weighted by atomic mass is 31.3. The molecule has 4 heterocycles. The lowest BCUT2D eigenvalue weighted by atomic mass is 10.00. The Bertz CT molecular complexity index is 1240. The highest BCUT2D eigenvalue weighted by Crippen LogP contribution is 2.61. The topological polar surface area (TPSA) is 292 Å². The molecule has 22 heteroatoms. The molecular weight excluding hydrogens is 559 g/mol. The summed E-state index contributed by atoms with van der Waals surface area (Å²) in [6.07, 6.45) is -12.8. The largest absolute Gasteiger partial charge is 0.479 e. The number of hydrogen-bond donors (Lipinski definition) is 8. The summed E-state index contributed by atoms with van der Waals surface area (Å²) in [6, 6.07) is 0. The van der Waals surface area contributed by atoms with Crippen molar-refractivity contribution in [3.63, 3.8) is 0 Å². The number of imidazole rings is 1. The maximum absolute atomic E-state index is 12.5. The van der Waals surface area contributed by atoms with Gasteiger partial charge in [-0.1, -0.05) is 0 Å². The second kappa shape index (κ2) is 11.1. The number of nitrogens with two attached hydrogens (primary N) is 1. The number of aromatic nitrogens is 4. The van der Waals surface area contributed by atoms with Gasteiger partial charge in [-0.2, -0.15) is 0 Å². The molecule has 2 aromatic heterocycles. The first-order valence-corrected chi connectivity index (χ1v) is 13.9. The normalized spacial score (nSPS) is 37.2. The molecule has 2 aromatic rings. The smallest absolute Gasteiger partial charge is 0.443 e. The fourth-order valence-electron chi connectivity index (χ4n) is 3.80. The second-order valence-corrected chi connectivity index (χ2v) is 11.5. The third-order valence-electron chi connectivity index (χ3n) is 5.72. The fourth-order valence-corrected chi connectivity index (χ4v) is 6.09. The molecule has 2 aliphatic rings. The summed E-state index contributed by atoms with van der Waals surface area (Å²) in [5.74, 6) is 0.0576. The minimum atomic E-state index is -5.44. The van der Waals surface area contributed by atoms with Crippen LogP contribution in [0.5, 0.6) is 0 Å². The molecule has 0 amide bonds. The molecule has 4 rings (SSSR count). The minimum absolute atomic E-state index is 0.0576. The Morgan fingerprint density at radius 3 is 2.37 bits per heavy atom. The number of aliphatic hydroxyl groups is 6. The molecule has 11 atom stereocenters. The third kappa shape index (κ3) is 5.93. The average Bonchev–Trinajstić information content (AvgIpc) is 3.39. The Hall–Kier alpha value is -1.61. The van der Waals surface area contributed by atoms with E-state index in [0.29, 0.717) is 0 Å².